The van der Waals surface area contributed by atoms with Gasteiger partial charge in [0.15, 0.2) is 5.78 Å². The van der Waals surface area contributed by atoms with E-state index in [1.54, 1.807) is 0 Å². The molecule has 0 saturated heterocycles. The summed E-state index contributed by atoms with van der Waals surface area (Å²) in [4.78, 5) is 11.8. The van der Waals surface area contributed by atoms with Crippen LogP contribution in [0.5, 0.6) is 0 Å². The summed E-state index contributed by atoms with van der Waals surface area (Å²) in [6.07, 6.45) is 5.45. The van der Waals surface area contributed by atoms with Gasteiger partial charge in [0, 0.05) is 12.0 Å². The summed E-state index contributed by atoms with van der Waals surface area (Å²) in [5.74, 6) is 0.241. The van der Waals surface area contributed by atoms with Gasteiger partial charge in [0.25, 0.3) is 0 Å². The van der Waals surface area contributed by atoms with E-state index in [1.807, 2.05) is 45.1 Å². The Balaban J connectivity index is 2.73. The van der Waals surface area contributed by atoms with Crippen molar-refractivity contribution in [1.82, 2.24) is 0 Å². The Bertz CT molecular complexity index is 375. The predicted molar refractivity (Wildman–Crippen MR) is 64.3 cm³/mol. The summed E-state index contributed by atoms with van der Waals surface area (Å²) in [6, 6.07) is 5.99. The Labute approximate surface area is 91.8 Å². The summed E-state index contributed by atoms with van der Waals surface area (Å²) in [5.41, 5.74) is 3.16. The zero-order valence-electron chi connectivity index (χ0n) is 9.71. The molecule has 0 aliphatic heterocycles. The number of hydrogen-bond donors (Lipinski definition) is 0. The van der Waals surface area contributed by atoms with E-state index in [0.29, 0.717) is 6.42 Å². The fraction of sp³-hybridized carbons (Fsp3) is 0.357. The molecule has 0 aromatic heterocycles. The summed E-state index contributed by atoms with van der Waals surface area (Å²) in [5, 5.41) is 0. The van der Waals surface area contributed by atoms with Crippen molar-refractivity contribution < 1.29 is 4.79 Å². The lowest BCUT2D eigenvalue weighted by Crippen LogP contribution is -2.01. The van der Waals surface area contributed by atoms with Crippen LogP contribution in [0.4, 0.5) is 0 Å². The third-order valence-electron chi connectivity index (χ3n) is 2.46. The third-order valence-corrected chi connectivity index (χ3v) is 2.46. The quantitative estimate of drug-likeness (QED) is 0.535. The molecule has 1 aromatic carbocycles. The molecule has 0 N–H and O–H groups in total. The highest BCUT2D eigenvalue weighted by atomic mass is 16.1. The smallest absolute Gasteiger partial charge is 0.163 e. The van der Waals surface area contributed by atoms with Gasteiger partial charge in [0.2, 0.25) is 0 Å². The van der Waals surface area contributed by atoms with Crippen molar-refractivity contribution >= 4 is 5.78 Å². The van der Waals surface area contributed by atoms with E-state index in [0.717, 1.165) is 17.5 Å². The molecule has 0 saturated carbocycles. The van der Waals surface area contributed by atoms with E-state index in [2.05, 4.69) is 6.07 Å². The Kier molecular flexibility index (Phi) is 4.29. The second kappa shape index (κ2) is 5.50. The van der Waals surface area contributed by atoms with Crippen molar-refractivity contribution in [3.63, 3.8) is 0 Å². The summed E-state index contributed by atoms with van der Waals surface area (Å²) in [7, 11) is 0. The van der Waals surface area contributed by atoms with Crippen molar-refractivity contribution in [2.75, 3.05) is 0 Å². The molecule has 0 spiro atoms. The second-order valence-corrected chi connectivity index (χ2v) is 3.85. The fourth-order valence-corrected chi connectivity index (χ4v) is 1.64. The molecule has 1 rings (SSSR count). The molecule has 0 heterocycles. The van der Waals surface area contributed by atoms with Gasteiger partial charge in [-0.05, 0) is 32.8 Å². The maximum absolute atomic E-state index is 11.8. The Morgan fingerprint density at radius 3 is 2.67 bits per heavy atom. The minimum Gasteiger partial charge on any atom is -0.294 e. The van der Waals surface area contributed by atoms with Crippen LogP contribution in [0.3, 0.4) is 0 Å². The molecule has 0 aliphatic rings. The van der Waals surface area contributed by atoms with Crippen LogP contribution < -0.4 is 0 Å². The van der Waals surface area contributed by atoms with Gasteiger partial charge in [-0.2, -0.15) is 0 Å². The fourth-order valence-electron chi connectivity index (χ4n) is 1.64. The van der Waals surface area contributed by atoms with Crippen molar-refractivity contribution in [1.29, 1.82) is 0 Å². The van der Waals surface area contributed by atoms with E-state index in [-0.39, 0.29) is 5.78 Å². The number of carbonyl (C=O) groups excluding carboxylic acids is 1. The van der Waals surface area contributed by atoms with Crippen LogP contribution >= 0.6 is 0 Å². The number of ketones is 1. The second-order valence-electron chi connectivity index (χ2n) is 3.85. The topological polar surface area (TPSA) is 17.1 Å². The molecule has 0 unspecified atom stereocenters. The number of aryl methyl sites for hydroxylation is 2. The van der Waals surface area contributed by atoms with Gasteiger partial charge in [0.1, 0.15) is 0 Å². The van der Waals surface area contributed by atoms with Gasteiger partial charge in [-0.15, -0.1) is 0 Å². The van der Waals surface area contributed by atoms with E-state index in [4.69, 9.17) is 0 Å². The van der Waals surface area contributed by atoms with Crippen LogP contribution in [0, 0.1) is 13.8 Å². The lowest BCUT2D eigenvalue weighted by molar-refractivity contribution is 0.0983. The molecule has 0 radical (unpaired) electrons. The van der Waals surface area contributed by atoms with Crippen molar-refractivity contribution in [3.8, 4) is 0 Å². The first-order valence-electron chi connectivity index (χ1n) is 5.36. The van der Waals surface area contributed by atoms with Crippen molar-refractivity contribution in [2.24, 2.45) is 0 Å². The molecule has 1 nitrogen and oxygen atoms in total. The van der Waals surface area contributed by atoms with E-state index < -0.39 is 0 Å². The SMILES string of the molecule is C/C=C/CCC(=O)c1ccc(C)cc1C. The minimum atomic E-state index is 0.241. The number of Topliss-reactive ketones (excluding diaryl/α,β-unsaturated/α-hetero) is 1. The van der Waals surface area contributed by atoms with Gasteiger partial charge in [-0.1, -0.05) is 35.9 Å². The van der Waals surface area contributed by atoms with E-state index >= 15 is 0 Å². The third kappa shape index (κ3) is 3.35. The minimum absolute atomic E-state index is 0.241. The summed E-state index contributed by atoms with van der Waals surface area (Å²) >= 11 is 0. The van der Waals surface area contributed by atoms with Crippen molar-refractivity contribution in [3.05, 3.63) is 47.0 Å². The van der Waals surface area contributed by atoms with E-state index in [1.165, 1.54) is 5.56 Å². The maximum atomic E-state index is 11.8. The number of benzene rings is 1. The van der Waals surface area contributed by atoms with Crippen LogP contribution in [-0.4, -0.2) is 5.78 Å². The zero-order chi connectivity index (χ0) is 11.3. The lowest BCUT2D eigenvalue weighted by atomic mass is 9.99. The molecular weight excluding hydrogens is 184 g/mol. The number of rotatable bonds is 4. The zero-order valence-corrected chi connectivity index (χ0v) is 9.71. The Hall–Kier alpha value is -1.37. The highest BCUT2D eigenvalue weighted by Gasteiger charge is 2.07. The van der Waals surface area contributed by atoms with Crippen molar-refractivity contribution in [2.45, 2.75) is 33.6 Å². The van der Waals surface area contributed by atoms with Gasteiger partial charge in [-0.3, -0.25) is 4.79 Å². The summed E-state index contributed by atoms with van der Waals surface area (Å²) < 4.78 is 0. The molecule has 0 bridgehead atoms. The number of hydrogen-bond acceptors (Lipinski definition) is 1. The Morgan fingerprint density at radius 1 is 1.33 bits per heavy atom. The molecule has 1 aromatic rings. The molecule has 1 heteroatoms. The largest absolute Gasteiger partial charge is 0.294 e. The molecule has 0 fully saturated rings. The molecule has 0 aliphatic carbocycles. The normalized spacial score (nSPS) is 10.9. The number of allylic oxidation sites excluding steroid dienone is 2. The van der Waals surface area contributed by atoms with Gasteiger partial charge in [-0.25, -0.2) is 0 Å². The number of carbonyl (C=O) groups is 1. The van der Waals surface area contributed by atoms with Gasteiger partial charge < -0.3 is 0 Å². The maximum Gasteiger partial charge on any atom is 0.163 e. The van der Waals surface area contributed by atoms with Crippen LogP contribution in [-0.2, 0) is 0 Å². The predicted octanol–water partition coefficient (Wildman–Crippen LogP) is 3.84. The monoisotopic (exact) mass is 202 g/mol. The first kappa shape index (κ1) is 11.7. The van der Waals surface area contributed by atoms with E-state index in [9.17, 15) is 4.79 Å². The highest BCUT2D eigenvalue weighted by molar-refractivity contribution is 5.97. The standard InChI is InChI=1S/C14H18O/c1-4-5-6-7-14(15)13-9-8-11(2)10-12(13)3/h4-5,8-10H,6-7H2,1-3H3/b5-4+. The molecule has 0 amide bonds. The van der Waals surface area contributed by atoms with Crippen LogP contribution in [0.1, 0.15) is 41.3 Å². The first-order chi connectivity index (χ1) is 7.15. The first-order valence-corrected chi connectivity index (χ1v) is 5.36. The van der Waals surface area contributed by atoms with Crippen LogP contribution in [0.25, 0.3) is 0 Å². The summed E-state index contributed by atoms with van der Waals surface area (Å²) in [6.45, 7) is 6.01. The van der Waals surface area contributed by atoms with Gasteiger partial charge in [0.05, 0.1) is 0 Å². The van der Waals surface area contributed by atoms with Gasteiger partial charge >= 0.3 is 0 Å². The van der Waals surface area contributed by atoms with Crippen LogP contribution in [0.2, 0.25) is 0 Å². The molecule has 80 valence electrons. The molecular formula is C14H18O. The highest BCUT2D eigenvalue weighted by Crippen LogP contribution is 2.13. The average Bonchev–Trinajstić information content (AvgIpc) is 2.17. The molecule has 15 heavy (non-hydrogen) atoms. The molecule has 0 atom stereocenters. The average molecular weight is 202 g/mol. The lowest BCUT2D eigenvalue weighted by Gasteiger charge is -2.04. The Morgan fingerprint density at radius 2 is 2.07 bits per heavy atom. The van der Waals surface area contributed by atoms with Crippen LogP contribution in [0.15, 0.2) is 30.4 Å².